The molecule has 3 rings (SSSR count). The molecule has 2 N–H and O–H groups in total. The van der Waals surface area contributed by atoms with Crippen LogP contribution in [0.1, 0.15) is 22.6 Å². The highest BCUT2D eigenvalue weighted by atomic mass is 79.9. The molecule has 0 aliphatic carbocycles. The van der Waals surface area contributed by atoms with Gasteiger partial charge in [-0.2, -0.15) is 4.98 Å². The molecule has 1 aromatic heterocycles. The van der Waals surface area contributed by atoms with Crippen molar-refractivity contribution in [2.45, 2.75) is 13.8 Å². The molecule has 0 aliphatic rings. The second-order valence-corrected chi connectivity index (χ2v) is 6.83. The van der Waals surface area contributed by atoms with E-state index < -0.39 is 0 Å². The molecule has 0 unspecified atom stereocenters. The second-order valence-electron chi connectivity index (χ2n) is 5.48. The molecular formula is C18H15BrClN3O. The van der Waals surface area contributed by atoms with Crippen molar-refractivity contribution in [2.75, 3.05) is 0 Å². The van der Waals surface area contributed by atoms with E-state index >= 15 is 0 Å². The third-order valence-electron chi connectivity index (χ3n) is 3.62. The highest BCUT2D eigenvalue weighted by Gasteiger charge is 2.13. The summed E-state index contributed by atoms with van der Waals surface area (Å²) in [5.74, 6) is 0.909. The molecule has 0 spiro atoms. The van der Waals surface area contributed by atoms with Crippen LogP contribution in [0.2, 0.25) is 5.02 Å². The summed E-state index contributed by atoms with van der Waals surface area (Å²) in [6.45, 7) is 4.03. The molecule has 3 aromatic rings. The second kappa shape index (κ2) is 6.79. The maximum atomic E-state index is 6.09. The molecule has 1 heterocycles. The van der Waals surface area contributed by atoms with E-state index in [1.165, 1.54) is 0 Å². The summed E-state index contributed by atoms with van der Waals surface area (Å²) in [5, 5.41) is 4.74. The number of nitrogens with zero attached hydrogens (tertiary/aromatic N) is 2. The summed E-state index contributed by atoms with van der Waals surface area (Å²) in [6, 6.07) is 11.3. The van der Waals surface area contributed by atoms with E-state index in [1.807, 2.05) is 38.1 Å². The molecule has 0 radical (unpaired) electrons. The summed E-state index contributed by atoms with van der Waals surface area (Å²) < 4.78 is 6.34. The fourth-order valence-corrected chi connectivity index (χ4v) is 3.33. The third kappa shape index (κ3) is 3.52. The van der Waals surface area contributed by atoms with E-state index in [1.54, 1.807) is 18.2 Å². The summed E-state index contributed by atoms with van der Waals surface area (Å²) in [7, 11) is 0. The lowest BCUT2D eigenvalue weighted by Crippen LogP contribution is -1.95. The number of halogens is 2. The summed E-state index contributed by atoms with van der Waals surface area (Å²) in [6.07, 6.45) is 1.66. The molecule has 4 nitrogen and oxygen atoms in total. The predicted molar refractivity (Wildman–Crippen MR) is 100 cm³/mol. The minimum absolute atomic E-state index is 0.360. The minimum atomic E-state index is 0.360. The topological polar surface area (TPSA) is 64.9 Å². The quantitative estimate of drug-likeness (QED) is 0.649. The fraction of sp³-hybridized carbons (Fsp3) is 0.111. The minimum Gasteiger partial charge on any atom is -0.398 e. The van der Waals surface area contributed by atoms with Gasteiger partial charge in [-0.3, -0.25) is 0 Å². The van der Waals surface area contributed by atoms with Crippen LogP contribution >= 0.6 is 27.5 Å². The van der Waals surface area contributed by atoms with Crippen molar-refractivity contribution in [3.63, 3.8) is 0 Å². The van der Waals surface area contributed by atoms with E-state index in [4.69, 9.17) is 21.9 Å². The number of rotatable bonds is 3. The fourth-order valence-electron chi connectivity index (χ4n) is 2.52. The largest absolute Gasteiger partial charge is 0.398 e. The van der Waals surface area contributed by atoms with E-state index in [0.29, 0.717) is 22.4 Å². The zero-order chi connectivity index (χ0) is 17.3. The molecular weight excluding hydrogens is 390 g/mol. The number of aromatic nitrogens is 2. The Kier molecular flexibility index (Phi) is 4.73. The van der Waals surface area contributed by atoms with Gasteiger partial charge in [0.15, 0.2) is 0 Å². The van der Waals surface area contributed by atoms with Gasteiger partial charge in [0.05, 0.1) is 0 Å². The smallest absolute Gasteiger partial charge is 0.253 e. The molecule has 2 aromatic carbocycles. The molecule has 0 amide bonds. The molecule has 0 atom stereocenters. The molecule has 0 saturated heterocycles. The third-order valence-corrected chi connectivity index (χ3v) is 4.33. The van der Waals surface area contributed by atoms with Gasteiger partial charge in [0, 0.05) is 26.8 Å². The summed E-state index contributed by atoms with van der Waals surface area (Å²) >= 11 is 9.37. The van der Waals surface area contributed by atoms with Crippen LogP contribution in [0.5, 0.6) is 0 Å². The van der Waals surface area contributed by atoms with Gasteiger partial charge in [-0.1, -0.05) is 44.8 Å². The molecule has 24 heavy (non-hydrogen) atoms. The van der Waals surface area contributed by atoms with Crippen LogP contribution in [-0.4, -0.2) is 10.1 Å². The van der Waals surface area contributed by atoms with Crippen molar-refractivity contribution < 1.29 is 4.52 Å². The summed E-state index contributed by atoms with van der Waals surface area (Å²) in [5.41, 5.74) is 10.6. The first kappa shape index (κ1) is 16.7. The highest BCUT2D eigenvalue weighted by Crippen LogP contribution is 2.28. The Morgan fingerprint density at radius 2 is 1.79 bits per heavy atom. The molecule has 0 bridgehead atoms. The van der Waals surface area contributed by atoms with Crippen molar-refractivity contribution in [1.82, 2.24) is 10.1 Å². The standard InChI is InChI=1S/C18H15BrClN3O/c1-10-7-13(19)8-11(2)17(10)18-22-16(24-23-18)9-15(21)12-3-5-14(20)6-4-12/h3-9H,21H2,1-2H3/b15-9-. The maximum absolute atomic E-state index is 6.09. The Hall–Kier alpha value is -2.11. The highest BCUT2D eigenvalue weighted by molar-refractivity contribution is 9.10. The van der Waals surface area contributed by atoms with Gasteiger partial charge in [-0.25, -0.2) is 0 Å². The lowest BCUT2D eigenvalue weighted by Gasteiger charge is -2.06. The Morgan fingerprint density at radius 3 is 2.42 bits per heavy atom. The van der Waals surface area contributed by atoms with Gasteiger partial charge >= 0.3 is 0 Å². The zero-order valence-corrected chi connectivity index (χ0v) is 15.5. The normalized spacial score (nSPS) is 11.8. The van der Waals surface area contributed by atoms with E-state index in [2.05, 4.69) is 26.1 Å². The number of aryl methyl sites for hydroxylation is 2. The van der Waals surface area contributed by atoms with Gasteiger partial charge in [0.2, 0.25) is 5.82 Å². The number of nitrogens with two attached hydrogens (primary N) is 1. The van der Waals surface area contributed by atoms with E-state index in [-0.39, 0.29) is 0 Å². The van der Waals surface area contributed by atoms with Crippen LogP contribution in [0.4, 0.5) is 0 Å². The SMILES string of the molecule is Cc1cc(Br)cc(C)c1-c1noc(/C=C(\N)c2ccc(Cl)cc2)n1. The molecule has 0 aliphatic heterocycles. The van der Waals surface area contributed by atoms with Crippen molar-refractivity contribution >= 4 is 39.3 Å². The first-order valence-corrected chi connectivity index (χ1v) is 8.45. The Morgan fingerprint density at radius 1 is 1.17 bits per heavy atom. The molecule has 0 saturated carbocycles. The van der Waals surface area contributed by atoms with Crippen molar-refractivity contribution in [2.24, 2.45) is 5.73 Å². The van der Waals surface area contributed by atoms with Gasteiger partial charge in [-0.15, -0.1) is 0 Å². The van der Waals surface area contributed by atoms with Crippen molar-refractivity contribution in [3.8, 4) is 11.4 Å². The number of benzene rings is 2. The molecule has 0 fully saturated rings. The first-order valence-electron chi connectivity index (χ1n) is 7.28. The summed E-state index contributed by atoms with van der Waals surface area (Å²) in [4.78, 5) is 4.44. The lowest BCUT2D eigenvalue weighted by molar-refractivity contribution is 0.411. The monoisotopic (exact) mass is 403 g/mol. The van der Waals surface area contributed by atoms with Crippen LogP contribution < -0.4 is 5.73 Å². The number of hydrogen-bond acceptors (Lipinski definition) is 4. The Bertz CT molecular complexity index is 893. The molecule has 122 valence electrons. The van der Waals surface area contributed by atoms with Crippen molar-refractivity contribution in [1.29, 1.82) is 0 Å². The average molecular weight is 405 g/mol. The van der Waals surface area contributed by atoms with Crippen LogP contribution in [0, 0.1) is 13.8 Å². The number of hydrogen-bond donors (Lipinski definition) is 1. The van der Waals surface area contributed by atoms with E-state index in [0.717, 1.165) is 26.7 Å². The van der Waals surface area contributed by atoms with Crippen LogP contribution in [0.15, 0.2) is 45.4 Å². The van der Waals surface area contributed by atoms with Crippen molar-refractivity contribution in [3.05, 3.63) is 68.5 Å². The average Bonchev–Trinajstić information content (AvgIpc) is 2.95. The molecule has 6 heteroatoms. The maximum Gasteiger partial charge on any atom is 0.253 e. The first-order chi connectivity index (χ1) is 11.4. The predicted octanol–water partition coefficient (Wildman–Crippen LogP) is 5.23. The van der Waals surface area contributed by atoms with Crippen LogP contribution in [0.3, 0.4) is 0 Å². The zero-order valence-electron chi connectivity index (χ0n) is 13.2. The Labute approximate surface area is 153 Å². The lowest BCUT2D eigenvalue weighted by atomic mass is 10.0. The van der Waals surface area contributed by atoms with Crippen LogP contribution in [-0.2, 0) is 0 Å². The Balaban J connectivity index is 1.94. The van der Waals surface area contributed by atoms with Gasteiger partial charge in [0.1, 0.15) is 0 Å². The van der Waals surface area contributed by atoms with Crippen LogP contribution in [0.25, 0.3) is 23.2 Å². The van der Waals surface area contributed by atoms with E-state index in [9.17, 15) is 0 Å². The van der Waals surface area contributed by atoms with Gasteiger partial charge in [0.25, 0.3) is 5.89 Å². The van der Waals surface area contributed by atoms with Gasteiger partial charge < -0.3 is 10.3 Å². The van der Waals surface area contributed by atoms with Gasteiger partial charge in [-0.05, 0) is 54.8 Å².